The maximum absolute atomic E-state index is 9.92. The largest absolute Gasteiger partial charge is 1.00 e. The molecule has 4 nitrogen and oxygen atoms in total. The average molecular weight is 194 g/mol. The van der Waals surface area contributed by atoms with Crippen molar-refractivity contribution < 1.29 is 78.9 Å². The molecule has 0 bridgehead atoms. The van der Waals surface area contributed by atoms with Gasteiger partial charge in [0.25, 0.3) is 0 Å². The Kier molecular flexibility index (Phi) is 15.5. The van der Waals surface area contributed by atoms with Crippen molar-refractivity contribution >= 4 is 23.7 Å². The molecule has 0 aromatic rings. The summed E-state index contributed by atoms with van der Waals surface area (Å²) in [6, 6.07) is 0. The molecule has 1 atom stereocenters. The SMILES string of the molecule is O=C([S-])CC(O)C(=O)[O-].[Na+].[Na+]. The van der Waals surface area contributed by atoms with Crippen LogP contribution in [0.1, 0.15) is 6.42 Å². The number of carboxylic acid groups (broad SMARTS) is 1. The molecule has 52 valence electrons. The fourth-order valence-corrected chi connectivity index (χ4v) is 0.399. The van der Waals surface area contributed by atoms with E-state index in [9.17, 15) is 14.7 Å². The molecule has 11 heavy (non-hydrogen) atoms. The third-order valence-electron chi connectivity index (χ3n) is 0.632. The summed E-state index contributed by atoms with van der Waals surface area (Å²) in [6.45, 7) is 0. The summed E-state index contributed by atoms with van der Waals surface area (Å²) in [6.07, 6.45) is -2.31. The molecule has 0 spiro atoms. The summed E-state index contributed by atoms with van der Waals surface area (Å²) in [5, 5.41) is 17.2. The molecular formula is C4H4Na2O4S. The smallest absolute Gasteiger partial charge is 0.742 e. The van der Waals surface area contributed by atoms with Crippen molar-refractivity contribution in [2.24, 2.45) is 0 Å². The normalized spacial score (nSPS) is 10.3. The number of hydrogen-bond acceptors (Lipinski definition) is 5. The quantitative estimate of drug-likeness (QED) is 0.356. The Hall–Kier alpha value is 1.32. The Balaban J connectivity index is -0.000000320. The molecule has 0 saturated carbocycles. The van der Waals surface area contributed by atoms with Crippen LogP contribution in [0, 0.1) is 0 Å². The van der Waals surface area contributed by atoms with Gasteiger partial charge in [0.15, 0.2) is 0 Å². The van der Waals surface area contributed by atoms with Gasteiger partial charge in [0, 0.05) is 11.5 Å². The molecule has 0 aromatic heterocycles. The van der Waals surface area contributed by atoms with Gasteiger partial charge in [-0.2, -0.15) is 0 Å². The maximum Gasteiger partial charge on any atom is 1.00 e. The zero-order chi connectivity index (χ0) is 7.44. The number of hydrogen-bond donors (Lipinski definition) is 1. The van der Waals surface area contributed by atoms with Gasteiger partial charge in [-0.25, -0.2) is 0 Å². The van der Waals surface area contributed by atoms with Crippen LogP contribution in [0.2, 0.25) is 0 Å². The van der Waals surface area contributed by atoms with Crippen molar-refractivity contribution in [1.29, 1.82) is 0 Å². The van der Waals surface area contributed by atoms with Gasteiger partial charge in [0.1, 0.15) is 0 Å². The van der Waals surface area contributed by atoms with E-state index in [1.807, 2.05) is 0 Å². The molecule has 0 aliphatic rings. The van der Waals surface area contributed by atoms with Crippen LogP contribution in [0.4, 0.5) is 0 Å². The van der Waals surface area contributed by atoms with Crippen LogP contribution in [-0.4, -0.2) is 22.3 Å². The molecule has 1 N–H and O–H groups in total. The minimum atomic E-state index is -1.75. The van der Waals surface area contributed by atoms with Crippen molar-refractivity contribution in [2.45, 2.75) is 12.5 Å². The Morgan fingerprint density at radius 3 is 1.91 bits per heavy atom. The minimum Gasteiger partial charge on any atom is -0.742 e. The topological polar surface area (TPSA) is 77.4 Å². The molecule has 0 aliphatic carbocycles. The summed E-state index contributed by atoms with van der Waals surface area (Å²) in [5.74, 6) is -1.67. The second kappa shape index (κ2) is 9.41. The fourth-order valence-electron chi connectivity index (χ4n) is 0.241. The molecule has 0 fully saturated rings. The second-order valence-electron chi connectivity index (χ2n) is 1.41. The summed E-state index contributed by atoms with van der Waals surface area (Å²) < 4.78 is 0. The van der Waals surface area contributed by atoms with Crippen LogP contribution >= 0.6 is 0 Å². The van der Waals surface area contributed by atoms with E-state index in [2.05, 4.69) is 12.6 Å². The number of rotatable bonds is 3. The fraction of sp³-hybridized carbons (Fsp3) is 0.500. The molecule has 0 aromatic carbocycles. The number of carbonyl (C=O) groups excluding carboxylic acids is 2. The number of aliphatic hydroxyl groups excluding tert-OH is 1. The first-order chi connectivity index (χ1) is 4.04. The van der Waals surface area contributed by atoms with Crippen LogP contribution in [0.25, 0.3) is 0 Å². The van der Waals surface area contributed by atoms with Gasteiger partial charge in [0.2, 0.25) is 0 Å². The van der Waals surface area contributed by atoms with Gasteiger partial charge >= 0.3 is 59.1 Å². The summed E-state index contributed by atoms with van der Waals surface area (Å²) in [7, 11) is 0. The van der Waals surface area contributed by atoms with Crippen LogP contribution in [0.3, 0.4) is 0 Å². The van der Waals surface area contributed by atoms with Gasteiger partial charge in [-0.05, 0) is 0 Å². The molecule has 0 heterocycles. The van der Waals surface area contributed by atoms with Crippen LogP contribution in [-0.2, 0) is 22.2 Å². The maximum atomic E-state index is 9.92. The van der Waals surface area contributed by atoms with Gasteiger partial charge < -0.3 is 32.4 Å². The molecule has 0 saturated heterocycles. The molecular weight excluding hydrogens is 190 g/mol. The molecule has 7 heteroatoms. The van der Waals surface area contributed by atoms with Crippen molar-refractivity contribution in [2.75, 3.05) is 0 Å². The Morgan fingerprint density at radius 2 is 1.82 bits per heavy atom. The van der Waals surface area contributed by atoms with E-state index in [1.54, 1.807) is 0 Å². The van der Waals surface area contributed by atoms with Crippen molar-refractivity contribution in [3.05, 3.63) is 0 Å². The monoisotopic (exact) mass is 194 g/mol. The molecule has 0 aliphatic heterocycles. The van der Waals surface area contributed by atoms with Gasteiger partial charge in [-0.15, -0.1) is 0 Å². The predicted octanol–water partition coefficient (Wildman–Crippen LogP) is -8.43. The van der Waals surface area contributed by atoms with E-state index in [0.29, 0.717) is 0 Å². The van der Waals surface area contributed by atoms with Crippen molar-refractivity contribution in [1.82, 2.24) is 0 Å². The van der Waals surface area contributed by atoms with E-state index in [0.717, 1.165) is 0 Å². The van der Waals surface area contributed by atoms with Crippen molar-refractivity contribution in [3.8, 4) is 0 Å². The van der Waals surface area contributed by atoms with Gasteiger partial charge in [-0.3, -0.25) is 0 Å². The summed E-state index contributed by atoms with van der Waals surface area (Å²) in [4.78, 5) is 19.6. The summed E-state index contributed by atoms with van der Waals surface area (Å²) in [5.41, 5.74) is 0. The first-order valence-corrected chi connectivity index (χ1v) is 2.53. The molecule has 0 rings (SSSR count). The Bertz CT molecular complexity index is 140. The standard InChI is InChI=1S/C4H6O4S.2Na/c5-2(4(7)8)1-3(6)9;;/h2,5H,1H2,(H,6,9)(H,7,8);;/q;2*+1/p-2. The van der Waals surface area contributed by atoms with Gasteiger partial charge in [0.05, 0.1) is 12.1 Å². The molecule has 0 amide bonds. The number of aliphatic hydroxyl groups is 1. The number of aliphatic carboxylic acids is 1. The molecule has 0 radical (unpaired) electrons. The van der Waals surface area contributed by atoms with Crippen LogP contribution in [0.15, 0.2) is 0 Å². The zero-order valence-electron chi connectivity index (χ0n) is 6.36. The first kappa shape index (κ1) is 18.2. The first-order valence-electron chi connectivity index (χ1n) is 2.13. The van der Waals surface area contributed by atoms with E-state index in [-0.39, 0.29) is 59.1 Å². The predicted molar refractivity (Wildman–Crippen MR) is 28.0 cm³/mol. The third-order valence-corrected chi connectivity index (χ3v) is 0.799. The van der Waals surface area contributed by atoms with E-state index in [4.69, 9.17) is 5.11 Å². The number of carbonyl (C=O) groups is 2. The Labute approximate surface area is 114 Å². The third kappa shape index (κ3) is 11.3. The second-order valence-corrected chi connectivity index (χ2v) is 1.87. The van der Waals surface area contributed by atoms with E-state index < -0.39 is 23.6 Å². The average Bonchev–Trinajstić information content (AvgIpc) is 1.63. The van der Waals surface area contributed by atoms with E-state index in [1.165, 1.54) is 0 Å². The van der Waals surface area contributed by atoms with Gasteiger partial charge in [-0.1, -0.05) is 0 Å². The minimum absolute atomic E-state index is 0. The van der Waals surface area contributed by atoms with Crippen LogP contribution in [0.5, 0.6) is 0 Å². The summed E-state index contributed by atoms with van der Waals surface area (Å²) >= 11 is 3.98. The van der Waals surface area contributed by atoms with Crippen molar-refractivity contribution in [3.63, 3.8) is 0 Å². The number of carboxylic acids is 1. The Morgan fingerprint density at radius 1 is 1.45 bits per heavy atom. The van der Waals surface area contributed by atoms with E-state index >= 15 is 0 Å². The van der Waals surface area contributed by atoms with Crippen LogP contribution < -0.4 is 64.2 Å². The zero-order valence-corrected chi connectivity index (χ0v) is 11.2. The molecule has 1 unspecified atom stereocenters.